The van der Waals surface area contributed by atoms with E-state index in [4.69, 9.17) is 4.74 Å². The second-order valence-electron chi connectivity index (χ2n) is 5.91. The molecule has 0 aliphatic heterocycles. The highest BCUT2D eigenvalue weighted by Gasteiger charge is 2.11. The predicted molar refractivity (Wildman–Crippen MR) is 93.1 cm³/mol. The van der Waals surface area contributed by atoms with Crippen molar-refractivity contribution in [2.45, 2.75) is 27.0 Å². The first-order valence-electron chi connectivity index (χ1n) is 7.89. The molecule has 0 saturated carbocycles. The average Bonchev–Trinajstić information content (AvgIpc) is 2.57. The summed E-state index contributed by atoms with van der Waals surface area (Å²) in [6, 6.07) is 7.29. The molecular formula is C18H17N3O5. The molecule has 0 aliphatic rings. The molecule has 134 valence electrons. The lowest BCUT2D eigenvalue weighted by molar-refractivity contribution is -0.145. The fourth-order valence-corrected chi connectivity index (χ4v) is 2.63. The Labute approximate surface area is 147 Å². The summed E-state index contributed by atoms with van der Waals surface area (Å²) < 4.78 is 7.75. The van der Waals surface area contributed by atoms with Crippen molar-refractivity contribution in [3.8, 4) is 5.75 Å². The number of hydrogen-bond donors (Lipinski definition) is 1. The lowest BCUT2D eigenvalue weighted by atomic mass is 10.3. The third-order valence-corrected chi connectivity index (χ3v) is 3.93. The van der Waals surface area contributed by atoms with Gasteiger partial charge in [-0.05, 0) is 31.5 Å². The molecule has 8 nitrogen and oxygen atoms in total. The maximum absolute atomic E-state index is 12.1. The number of pyridine rings is 2. The van der Waals surface area contributed by atoms with Gasteiger partial charge in [0.05, 0.1) is 5.69 Å². The Morgan fingerprint density at radius 3 is 2.69 bits per heavy atom. The van der Waals surface area contributed by atoms with Crippen LogP contribution in [0.25, 0.3) is 5.65 Å². The van der Waals surface area contributed by atoms with Gasteiger partial charge in [-0.2, -0.15) is 0 Å². The van der Waals surface area contributed by atoms with Gasteiger partial charge in [0, 0.05) is 24.0 Å². The van der Waals surface area contributed by atoms with Crippen molar-refractivity contribution < 1.29 is 14.6 Å². The molecule has 3 rings (SSSR count). The molecule has 0 radical (unpaired) electrons. The highest BCUT2D eigenvalue weighted by molar-refractivity contribution is 5.69. The molecular weight excluding hydrogens is 338 g/mol. The van der Waals surface area contributed by atoms with Crippen LogP contribution in [0.2, 0.25) is 0 Å². The van der Waals surface area contributed by atoms with E-state index in [0.29, 0.717) is 17.0 Å². The SMILES string of the molecule is Cc1cccn2c(=O)cc(COC(=O)Cn3c(C)cc(O)cc3=O)nc12. The van der Waals surface area contributed by atoms with Gasteiger partial charge in [-0.1, -0.05) is 6.07 Å². The molecule has 0 bridgehead atoms. The summed E-state index contributed by atoms with van der Waals surface area (Å²) in [6.07, 6.45) is 1.62. The number of rotatable bonds is 4. The minimum atomic E-state index is -0.646. The molecule has 0 unspecified atom stereocenters. The molecule has 1 N–H and O–H groups in total. The van der Waals surface area contributed by atoms with Crippen molar-refractivity contribution in [3.63, 3.8) is 0 Å². The van der Waals surface area contributed by atoms with Gasteiger partial charge < -0.3 is 14.4 Å². The topological polar surface area (TPSA) is 103 Å². The Hall–Kier alpha value is -3.42. The number of carbonyl (C=O) groups excluding carboxylic acids is 1. The number of aryl methyl sites for hydroxylation is 2. The fraction of sp³-hybridized carbons (Fsp3) is 0.222. The van der Waals surface area contributed by atoms with Gasteiger partial charge in [-0.25, -0.2) is 4.98 Å². The number of hydrogen-bond acceptors (Lipinski definition) is 6. The van der Waals surface area contributed by atoms with Crippen LogP contribution in [0.5, 0.6) is 5.75 Å². The number of nitrogens with zero attached hydrogens (tertiary/aromatic N) is 3. The van der Waals surface area contributed by atoms with Crippen LogP contribution in [0, 0.1) is 13.8 Å². The first-order chi connectivity index (χ1) is 12.3. The Kier molecular flexibility index (Phi) is 4.57. The molecule has 0 fully saturated rings. The standard InChI is InChI=1S/C18H17N3O5/c1-11-4-3-5-20-15(23)7-13(19-18(11)20)10-26-17(25)9-21-12(2)6-14(22)8-16(21)24/h3-8,22H,9-10H2,1-2H3. The van der Waals surface area contributed by atoms with Crippen molar-refractivity contribution in [3.05, 3.63) is 74.2 Å². The molecule has 0 spiro atoms. The summed E-state index contributed by atoms with van der Waals surface area (Å²) in [5.41, 5.74) is 1.31. The van der Waals surface area contributed by atoms with Gasteiger partial charge in [-0.3, -0.25) is 18.8 Å². The minimum Gasteiger partial charge on any atom is -0.508 e. The Balaban J connectivity index is 1.76. The minimum absolute atomic E-state index is 0.159. The highest BCUT2D eigenvalue weighted by atomic mass is 16.5. The van der Waals surface area contributed by atoms with E-state index in [1.165, 1.54) is 21.1 Å². The Bertz CT molecular complexity index is 1110. The predicted octanol–water partition coefficient (Wildman–Crippen LogP) is 0.922. The molecule has 8 heteroatoms. The van der Waals surface area contributed by atoms with E-state index in [-0.39, 0.29) is 24.5 Å². The van der Waals surface area contributed by atoms with E-state index >= 15 is 0 Å². The lowest BCUT2D eigenvalue weighted by Gasteiger charge is -2.10. The summed E-state index contributed by atoms with van der Waals surface area (Å²) in [4.78, 5) is 40.3. The summed E-state index contributed by atoms with van der Waals surface area (Å²) >= 11 is 0. The normalized spacial score (nSPS) is 10.8. The molecule has 3 aromatic heterocycles. The Morgan fingerprint density at radius 1 is 1.19 bits per heavy atom. The van der Waals surface area contributed by atoms with Crippen molar-refractivity contribution in [1.82, 2.24) is 14.0 Å². The van der Waals surface area contributed by atoms with E-state index in [1.54, 1.807) is 19.2 Å². The van der Waals surface area contributed by atoms with Crippen LogP contribution in [-0.2, 0) is 22.7 Å². The van der Waals surface area contributed by atoms with Gasteiger partial charge in [-0.15, -0.1) is 0 Å². The zero-order valence-corrected chi connectivity index (χ0v) is 14.3. The first-order valence-corrected chi connectivity index (χ1v) is 7.89. The van der Waals surface area contributed by atoms with Crippen LogP contribution in [-0.4, -0.2) is 25.0 Å². The zero-order valence-electron chi connectivity index (χ0n) is 14.3. The molecule has 3 aromatic rings. The van der Waals surface area contributed by atoms with E-state index in [9.17, 15) is 19.5 Å². The van der Waals surface area contributed by atoms with E-state index in [2.05, 4.69) is 4.98 Å². The van der Waals surface area contributed by atoms with Crippen molar-refractivity contribution in [2.75, 3.05) is 0 Å². The lowest BCUT2D eigenvalue weighted by Crippen LogP contribution is -2.26. The summed E-state index contributed by atoms with van der Waals surface area (Å²) in [5.74, 6) is -0.805. The molecule has 0 saturated heterocycles. The van der Waals surface area contributed by atoms with Crippen LogP contribution >= 0.6 is 0 Å². The molecule has 3 heterocycles. The monoisotopic (exact) mass is 355 g/mol. The molecule has 0 amide bonds. The molecule has 26 heavy (non-hydrogen) atoms. The zero-order chi connectivity index (χ0) is 18.8. The summed E-state index contributed by atoms with van der Waals surface area (Å²) in [6.45, 7) is 2.96. The molecule has 0 atom stereocenters. The average molecular weight is 355 g/mol. The van der Waals surface area contributed by atoms with Gasteiger partial charge in [0.2, 0.25) is 0 Å². The quantitative estimate of drug-likeness (QED) is 0.698. The van der Waals surface area contributed by atoms with Crippen molar-refractivity contribution in [2.24, 2.45) is 0 Å². The smallest absolute Gasteiger partial charge is 0.326 e. The van der Waals surface area contributed by atoms with Crippen molar-refractivity contribution in [1.29, 1.82) is 0 Å². The van der Waals surface area contributed by atoms with Crippen LogP contribution < -0.4 is 11.1 Å². The van der Waals surface area contributed by atoms with E-state index in [0.717, 1.165) is 11.6 Å². The Morgan fingerprint density at radius 2 is 1.96 bits per heavy atom. The maximum Gasteiger partial charge on any atom is 0.326 e. The van der Waals surface area contributed by atoms with Crippen molar-refractivity contribution >= 4 is 11.6 Å². The fourth-order valence-electron chi connectivity index (χ4n) is 2.63. The summed E-state index contributed by atoms with van der Waals surface area (Å²) in [7, 11) is 0. The van der Waals surface area contributed by atoms with Gasteiger partial charge in [0.15, 0.2) is 0 Å². The van der Waals surface area contributed by atoms with Crippen LogP contribution in [0.4, 0.5) is 0 Å². The van der Waals surface area contributed by atoms with Gasteiger partial charge >= 0.3 is 5.97 Å². The number of ether oxygens (including phenoxy) is 1. The second kappa shape index (κ2) is 6.83. The highest BCUT2D eigenvalue weighted by Crippen LogP contribution is 2.08. The first kappa shape index (κ1) is 17.4. The second-order valence-corrected chi connectivity index (χ2v) is 5.91. The van der Waals surface area contributed by atoms with Crippen LogP contribution in [0.15, 0.2) is 46.1 Å². The number of fused-ring (bicyclic) bond motifs is 1. The maximum atomic E-state index is 12.1. The van der Waals surface area contributed by atoms with E-state index < -0.39 is 11.5 Å². The van der Waals surface area contributed by atoms with Gasteiger partial charge in [0.1, 0.15) is 24.5 Å². The number of carbonyl (C=O) groups is 1. The third kappa shape index (κ3) is 3.49. The number of aromatic hydroxyl groups is 1. The van der Waals surface area contributed by atoms with Gasteiger partial charge in [0.25, 0.3) is 11.1 Å². The largest absolute Gasteiger partial charge is 0.508 e. The third-order valence-electron chi connectivity index (χ3n) is 3.93. The van der Waals surface area contributed by atoms with Crippen LogP contribution in [0.1, 0.15) is 17.0 Å². The molecule has 0 aromatic carbocycles. The van der Waals surface area contributed by atoms with E-state index in [1.807, 2.05) is 13.0 Å². The number of aromatic nitrogens is 3. The summed E-state index contributed by atoms with van der Waals surface area (Å²) in [5, 5.41) is 9.37. The molecule has 0 aliphatic carbocycles. The number of esters is 1. The van der Waals surface area contributed by atoms with Crippen LogP contribution in [0.3, 0.4) is 0 Å².